The van der Waals surface area contributed by atoms with Crippen LogP contribution in [0.1, 0.15) is 27.7 Å². The third-order valence-electron chi connectivity index (χ3n) is 5.06. The van der Waals surface area contributed by atoms with Crippen LogP contribution in [0.4, 0.5) is 11.8 Å². The molecular formula is C18H30N4O7P2S. The second kappa shape index (κ2) is 9.99. The Labute approximate surface area is 193 Å². The number of ether oxygens (including phenoxy) is 3. The largest absolute Gasteiger partial charge is 0.480 e. The molecule has 2 aliphatic heterocycles. The van der Waals surface area contributed by atoms with E-state index in [2.05, 4.69) is 9.97 Å². The Morgan fingerprint density at radius 3 is 2.75 bits per heavy atom. The Morgan fingerprint density at radius 2 is 2.12 bits per heavy atom. The first-order valence-electron chi connectivity index (χ1n) is 9.98. The fourth-order valence-corrected chi connectivity index (χ4v) is 7.53. The Balaban J connectivity index is 1.74. The fourth-order valence-electron chi connectivity index (χ4n) is 3.25. The van der Waals surface area contributed by atoms with Crippen molar-refractivity contribution in [2.24, 2.45) is 5.41 Å². The smallest absolute Gasteiger partial charge is 0.392 e. The summed E-state index contributed by atoms with van der Waals surface area (Å²) < 4.78 is 40.8. The third kappa shape index (κ3) is 5.48. The molecule has 3 rings (SSSR count). The monoisotopic (exact) mass is 508 g/mol. The molecule has 0 spiro atoms. The topological polar surface area (TPSA) is 135 Å². The molecular weight excluding hydrogens is 478 g/mol. The van der Waals surface area contributed by atoms with Crippen molar-refractivity contribution >= 4 is 49.8 Å². The Bertz CT molecular complexity index is 901. The average molecular weight is 508 g/mol. The molecule has 0 bridgehead atoms. The maximum atomic E-state index is 13.2. The van der Waals surface area contributed by atoms with E-state index in [9.17, 15) is 9.36 Å². The van der Waals surface area contributed by atoms with E-state index in [-0.39, 0.29) is 24.5 Å². The molecule has 0 aromatic carbocycles. The minimum Gasteiger partial charge on any atom is -0.480 e. The molecule has 11 nitrogen and oxygen atoms in total. The van der Waals surface area contributed by atoms with Gasteiger partial charge in [0.25, 0.3) is 0 Å². The average Bonchev–Trinajstić information content (AvgIpc) is 3.15. The van der Waals surface area contributed by atoms with E-state index in [1.54, 1.807) is 35.0 Å². The maximum absolute atomic E-state index is 13.2. The summed E-state index contributed by atoms with van der Waals surface area (Å²) in [5.74, 6) is 0.711. The summed E-state index contributed by atoms with van der Waals surface area (Å²) in [6.45, 7) is 3.69. The number of methoxy groups -OCH3 is 2. The minimum atomic E-state index is -3.58. The SMILES string of the molecule is COc1nc(N)nc2c1PCN2[C@@H](C)C1OP(=O)(SCOC(=O)C(C)(C)C)OC[C@H]1OC. The number of aromatic nitrogens is 2. The zero-order valence-corrected chi connectivity index (χ0v) is 21.7. The number of anilines is 2. The van der Waals surface area contributed by atoms with E-state index in [0.717, 1.165) is 16.7 Å². The van der Waals surface area contributed by atoms with Gasteiger partial charge in [0.2, 0.25) is 11.8 Å². The highest BCUT2D eigenvalue weighted by atomic mass is 32.7. The molecule has 3 heterocycles. The van der Waals surface area contributed by atoms with Crippen molar-refractivity contribution in [3.05, 3.63) is 0 Å². The molecule has 0 aliphatic carbocycles. The first kappa shape index (κ1) is 25.5. The van der Waals surface area contributed by atoms with Gasteiger partial charge in [-0.2, -0.15) is 9.97 Å². The van der Waals surface area contributed by atoms with Crippen molar-refractivity contribution in [2.75, 3.05) is 43.7 Å². The summed E-state index contributed by atoms with van der Waals surface area (Å²) in [5, 5.41) is 0.890. The van der Waals surface area contributed by atoms with Crippen LogP contribution >= 0.6 is 26.8 Å². The van der Waals surface area contributed by atoms with Crippen molar-refractivity contribution in [1.29, 1.82) is 0 Å². The number of hydrogen-bond acceptors (Lipinski definition) is 12. The zero-order chi connectivity index (χ0) is 23.7. The van der Waals surface area contributed by atoms with E-state index in [1.165, 1.54) is 0 Å². The number of rotatable bonds is 7. The minimum absolute atomic E-state index is 0.0845. The molecule has 0 radical (unpaired) electrons. The van der Waals surface area contributed by atoms with Crippen LogP contribution in [0.25, 0.3) is 0 Å². The molecule has 32 heavy (non-hydrogen) atoms. The van der Waals surface area contributed by atoms with Crippen LogP contribution in [-0.4, -0.2) is 67.2 Å². The summed E-state index contributed by atoms with van der Waals surface area (Å²) in [4.78, 5) is 22.6. The number of nitrogens with two attached hydrogens (primary N) is 1. The van der Waals surface area contributed by atoms with Gasteiger partial charge in [-0.3, -0.25) is 13.8 Å². The second-order valence-corrected chi connectivity index (χ2v) is 13.5. The van der Waals surface area contributed by atoms with E-state index >= 15 is 0 Å². The summed E-state index contributed by atoms with van der Waals surface area (Å²) in [6.07, 6.45) is -0.357. The lowest BCUT2D eigenvalue weighted by molar-refractivity contribution is -0.150. The Hall–Kier alpha value is -1.16. The third-order valence-corrected chi connectivity index (χ3v) is 9.70. The van der Waals surface area contributed by atoms with Gasteiger partial charge in [0.15, 0.2) is 0 Å². The molecule has 1 saturated heterocycles. The van der Waals surface area contributed by atoms with Gasteiger partial charge in [-0.15, -0.1) is 0 Å². The molecule has 3 unspecified atom stereocenters. The second-order valence-electron chi connectivity index (χ2n) is 8.35. The number of nitrogen functional groups attached to an aromatic ring is 1. The lowest BCUT2D eigenvalue weighted by Gasteiger charge is -2.40. The summed E-state index contributed by atoms with van der Waals surface area (Å²) >= 11 is 0.845. The van der Waals surface area contributed by atoms with Crippen LogP contribution < -0.4 is 20.7 Å². The zero-order valence-electron chi connectivity index (χ0n) is 19.0. The highest BCUT2D eigenvalue weighted by molar-refractivity contribution is 8.55. The van der Waals surface area contributed by atoms with Crippen LogP contribution in [0.3, 0.4) is 0 Å². The number of hydrogen-bond donors (Lipinski definition) is 1. The lowest BCUT2D eigenvalue weighted by Crippen LogP contribution is -2.51. The van der Waals surface area contributed by atoms with Gasteiger partial charge in [0.1, 0.15) is 24.0 Å². The van der Waals surface area contributed by atoms with Crippen molar-refractivity contribution in [3.8, 4) is 5.88 Å². The molecule has 0 saturated carbocycles. The Kier molecular flexibility index (Phi) is 7.95. The predicted molar refractivity (Wildman–Crippen MR) is 125 cm³/mol. The van der Waals surface area contributed by atoms with Crippen LogP contribution in [-0.2, 0) is 27.9 Å². The van der Waals surface area contributed by atoms with E-state index in [1.807, 2.05) is 11.8 Å². The van der Waals surface area contributed by atoms with E-state index in [0.29, 0.717) is 26.6 Å². The molecule has 2 N–H and O–H groups in total. The van der Waals surface area contributed by atoms with Crippen LogP contribution in [0.15, 0.2) is 0 Å². The molecule has 180 valence electrons. The van der Waals surface area contributed by atoms with Crippen LogP contribution in [0.2, 0.25) is 0 Å². The predicted octanol–water partition coefficient (Wildman–Crippen LogP) is 2.36. The van der Waals surface area contributed by atoms with Crippen molar-refractivity contribution < 1.29 is 32.6 Å². The van der Waals surface area contributed by atoms with Gasteiger partial charge in [-0.1, -0.05) is 8.58 Å². The Morgan fingerprint density at radius 1 is 1.41 bits per heavy atom. The quantitative estimate of drug-likeness (QED) is 0.329. The summed E-state index contributed by atoms with van der Waals surface area (Å²) in [5.41, 5.74) is 5.21. The van der Waals surface area contributed by atoms with Crippen LogP contribution in [0, 0.1) is 5.41 Å². The number of carbonyl (C=O) groups is 1. The fraction of sp³-hybridized carbons (Fsp3) is 0.722. The highest BCUT2D eigenvalue weighted by Crippen LogP contribution is 2.64. The maximum Gasteiger partial charge on any atom is 0.392 e. The van der Waals surface area contributed by atoms with Gasteiger partial charge in [0.05, 0.1) is 30.5 Å². The molecule has 1 aromatic heterocycles. The molecule has 14 heteroatoms. The van der Waals surface area contributed by atoms with Crippen molar-refractivity contribution in [1.82, 2.24) is 9.97 Å². The first-order valence-corrected chi connectivity index (χ1v) is 14.3. The molecule has 0 amide bonds. The molecule has 2 aliphatic rings. The summed E-state index contributed by atoms with van der Waals surface area (Å²) in [7, 11) is 3.49. The number of fused-ring (bicyclic) bond motifs is 1. The summed E-state index contributed by atoms with van der Waals surface area (Å²) in [6, 6.07) is -0.261. The van der Waals surface area contributed by atoms with E-state index in [4.69, 9.17) is 29.0 Å². The molecule has 5 atom stereocenters. The van der Waals surface area contributed by atoms with Gasteiger partial charge in [0, 0.05) is 24.8 Å². The van der Waals surface area contributed by atoms with Crippen molar-refractivity contribution in [3.63, 3.8) is 0 Å². The number of nitrogens with zero attached hydrogens (tertiary/aromatic N) is 3. The first-order chi connectivity index (χ1) is 15.0. The van der Waals surface area contributed by atoms with Crippen LogP contribution in [0.5, 0.6) is 5.88 Å². The van der Waals surface area contributed by atoms with Crippen molar-refractivity contribution in [2.45, 2.75) is 45.9 Å². The highest BCUT2D eigenvalue weighted by Gasteiger charge is 2.46. The normalized spacial score (nSPS) is 27.2. The van der Waals surface area contributed by atoms with Gasteiger partial charge < -0.3 is 24.8 Å². The molecule has 1 aromatic rings. The lowest BCUT2D eigenvalue weighted by atomic mass is 9.98. The molecule has 1 fully saturated rings. The standard InChI is InChI=1S/C18H30N4O7P2S/c1-10(22-8-30-13-14(22)20-17(19)21-15(13)26-6)12-11(25-5)7-28-31(24,29-12)32-9-27-16(23)18(2,3)4/h10-12,30H,7-9H2,1-6H3,(H2,19,20,21)/t10-,11+,12?,31?/m0/s1. The van der Waals surface area contributed by atoms with E-state index < -0.39 is 30.4 Å². The van der Waals surface area contributed by atoms with Gasteiger partial charge in [-0.25, -0.2) is 4.57 Å². The number of esters is 1. The number of carbonyl (C=O) groups excluding carboxylic acids is 1. The van der Waals surface area contributed by atoms with Gasteiger partial charge in [-0.05, 0) is 27.7 Å². The van der Waals surface area contributed by atoms with Gasteiger partial charge >= 0.3 is 12.8 Å².